The van der Waals surface area contributed by atoms with E-state index in [2.05, 4.69) is 4.74 Å². The summed E-state index contributed by atoms with van der Waals surface area (Å²) in [6.45, 7) is 0. The molecule has 1 rings (SSSR count). The Kier molecular flexibility index (Phi) is 3.21. The lowest BCUT2D eigenvalue weighted by molar-refractivity contribution is 0.0600. The van der Waals surface area contributed by atoms with E-state index in [9.17, 15) is 9.18 Å². The van der Waals surface area contributed by atoms with Crippen molar-refractivity contribution < 1.29 is 24.0 Å². The van der Waals surface area contributed by atoms with E-state index in [4.69, 9.17) is 10.0 Å². The van der Waals surface area contributed by atoms with Crippen molar-refractivity contribution in [3.63, 3.8) is 0 Å². The first-order chi connectivity index (χ1) is 6.54. The summed E-state index contributed by atoms with van der Waals surface area (Å²) in [4.78, 5) is 11.0. The van der Waals surface area contributed by atoms with Gasteiger partial charge in [-0.2, -0.15) is 0 Å². The second-order valence-corrected chi connectivity index (χ2v) is 2.64. The molecule has 0 saturated heterocycles. The van der Waals surface area contributed by atoms with Crippen LogP contribution in [0.3, 0.4) is 0 Å². The summed E-state index contributed by atoms with van der Waals surface area (Å²) in [7, 11) is -0.656. The molecule has 0 atom stereocenters. The van der Waals surface area contributed by atoms with Crippen LogP contribution in [-0.2, 0) is 4.74 Å². The number of esters is 1. The minimum Gasteiger partial charge on any atom is -0.465 e. The average Bonchev–Trinajstić information content (AvgIpc) is 2.15. The molecule has 0 aliphatic rings. The van der Waals surface area contributed by atoms with Crippen molar-refractivity contribution in [1.29, 1.82) is 0 Å². The Morgan fingerprint density at radius 1 is 1.43 bits per heavy atom. The number of carbonyl (C=O) groups is 1. The van der Waals surface area contributed by atoms with Gasteiger partial charge in [0.25, 0.3) is 0 Å². The fourth-order valence-electron chi connectivity index (χ4n) is 0.997. The Morgan fingerprint density at radius 2 is 2.07 bits per heavy atom. The third-order valence-corrected chi connectivity index (χ3v) is 1.64. The van der Waals surface area contributed by atoms with Gasteiger partial charge in [0.05, 0.1) is 12.7 Å². The molecule has 2 N–H and O–H groups in total. The van der Waals surface area contributed by atoms with Crippen molar-refractivity contribution in [1.82, 2.24) is 0 Å². The molecule has 0 bridgehead atoms. The van der Waals surface area contributed by atoms with Crippen LogP contribution < -0.4 is 5.46 Å². The van der Waals surface area contributed by atoms with Gasteiger partial charge in [-0.1, -0.05) is 0 Å². The fourth-order valence-corrected chi connectivity index (χ4v) is 0.997. The van der Waals surface area contributed by atoms with Crippen molar-refractivity contribution in [3.8, 4) is 0 Å². The molecule has 0 unspecified atom stereocenters. The quantitative estimate of drug-likeness (QED) is 0.486. The largest absolute Gasteiger partial charge is 0.488 e. The lowest BCUT2D eigenvalue weighted by atomic mass is 9.79. The summed E-state index contributed by atoms with van der Waals surface area (Å²) in [6.07, 6.45) is 0. The third kappa shape index (κ3) is 2.30. The number of benzene rings is 1. The molecule has 0 radical (unpaired) electrons. The van der Waals surface area contributed by atoms with Gasteiger partial charge in [0.1, 0.15) is 5.82 Å². The Bertz CT molecular complexity index is 353. The highest BCUT2D eigenvalue weighted by Crippen LogP contribution is 2.03. The number of halogens is 1. The summed E-state index contributed by atoms with van der Waals surface area (Å²) >= 11 is 0. The van der Waals surface area contributed by atoms with Gasteiger partial charge in [0, 0.05) is 0 Å². The van der Waals surface area contributed by atoms with Crippen LogP contribution in [0.2, 0.25) is 0 Å². The van der Waals surface area contributed by atoms with E-state index in [1.54, 1.807) is 0 Å². The zero-order valence-corrected chi connectivity index (χ0v) is 7.40. The number of hydrogen-bond donors (Lipinski definition) is 2. The molecule has 1 aromatic rings. The Balaban J connectivity index is 3.13. The molecule has 0 aromatic heterocycles. The molecule has 4 nitrogen and oxygen atoms in total. The molecule has 0 spiro atoms. The molecule has 1 aromatic carbocycles. The SMILES string of the molecule is COC(=O)c1cc(F)cc(B(O)O)c1. The predicted molar refractivity (Wildman–Crippen MR) is 47.6 cm³/mol. The van der Waals surface area contributed by atoms with E-state index in [-0.39, 0.29) is 11.0 Å². The minimum atomic E-state index is -1.81. The van der Waals surface area contributed by atoms with Crippen LogP contribution in [0, 0.1) is 5.82 Å². The highest BCUT2D eigenvalue weighted by Gasteiger charge is 2.16. The summed E-state index contributed by atoms with van der Waals surface area (Å²) in [5, 5.41) is 17.5. The van der Waals surface area contributed by atoms with Crippen LogP contribution in [0.1, 0.15) is 10.4 Å². The van der Waals surface area contributed by atoms with Crippen molar-refractivity contribution in [2.75, 3.05) is 7.11 Å². The van der Waals surface area contributed by atoms with Gasteiger partial charge in [-0.05, 0) is 23.7 Å². The van der Waals surface area contributed by atoms with E-state index in [1.165, 1.54) is 0 Å². The van der Waals surface area contributed by atoms with Gasteiger partial charge in [0.15, 0.2) is 0 Å². The Labute approximate surface area is 80.1 Å². The van der Waals surface area contributed by atoms with Crippen LogP contribution in [-0.4, -0.2) is 30.2 Å². The molecule has 74 valence electrons. The van der Waals surface area contributed by atoms with Crippen LogP contribution in [0.15, 0.2) is 18.2 Å². The predicted octanol–water partition coefficient (Wildman–Crippen LogP) is -0.708. The van der Waals surface area contributed by atoms with Crippen LogP contribution >= 0.6 is 0 Å². The highest BCUT2D eigenvalue weighted by atomic mass is 19.1. The van der Waals surface area contributed by atoms with Gasteiger partial charge in [-0.3, -0.25) is 0 Å². The van der Waals surface area contributed by atoms with E-state index in [0.29, 0.717) is 0 Å². The maximum atomic E-state index is 12.9. The molecule has 0 aliphatic heterocycles. The Morgan fingerprint density at radius 3 is 2.57 bits per heavy atom. The number of rotatable bonds is 2. The van der Waals surface area contributed by atoms with Gasteiger partial charge >= 0.3 is 13.1 Å². The summed E-state index contributed by atoms with van der Waals surface area (Å²) < 4.78 is 17.2. The van der Waals surface area contributed by atoms with Crippen molar-refractivity contribution in [2.24, 2.45) is 0 Å². The molecule has 6 heteroatoms. The van der Waals surface area contributed by atoms with Gasteiger partial charge in [-0.25, -0.2) is 9.18 Å². The highest BCUT2D eigenvalue weighted by molar-refractivity contribution is 6.58. The molecular formula is C8H8BFO4. The lowest BCUT2D eigenvalue weighted by Gasteiger charge is -2.03. The van der Waals surface area contributed by atoms with Crippen LogP contribution in [0.4, 0.5) is 4.39 Å². The molecular weight excluding hydrogens is 190 g/mol. The van der Waals surface area contributed by atoms with E-state index in [0.717, 1.165) is 25.3 Å². The van der Waals surface area contributed by atoms with Gasteiger partial charge < -0.3 is 14.8 Å². The molecule has 0 saturated carbocycles. The summed E-state index contributed by atoms with van der Waals surface area (Å²) in [5.41, 5.74) is -0.152. The summed E-state index contributed by atoms with van der Waals surface area (Å²) in [5.74, 6) is -1.46. The second-order valence-electron chi connectivity index (χ2n) is 2.64. The first-order valence-electron chi connectivity index (χ1n) is 3.79. The molecule has 0 aliphatic carbocycles. The zero-order chi connectivity index (χ0) is 10.7. The topological polar surface area (TPSA) is 66.8 Å². The first kappa shape index (κ1) is 10.7. The van der Waals surface area contributed by atoms with Gasteiger partial charge in [0.2, 0.25) is 0 Å². The standard InChI is InChI=1S/C8H8BFO4/c1-14-8(11)5-2-6(9(12)13)4-7(10)3-5/h2-4,12-13H,1H3. The van der Waals surface area contributed by atoms with Crippen molar-refractivity contribution >= 4 is 18.6 Å². The maximum Gasteiger partial charge on any atom is 0.488 e. The van der Waals surface area contributed by atoms with Crippen molar-refractivity contribution in [3.05, 3.63) is 29.6 Å². The number of carbonyl (C=O) groups excluding carboxylic acids is 1. The molecule has 0 fully saturated rings. The lowest BCUT2D eigenvalue weighted by Crippen LogP contribution is -2.31. The smallest absolute Gasteiger partial charge is 0.465 e. The number of hydrogen-bond acceptors (Lipinski definition) is 4. The van der Waals surface area contributed by atoms with E-state index in [1.807, 2.05) is 0 Å². The third-order valence-electron chi connectivity index (χ3n) is 1.64. The second kappa shape index (κ2) is 4.21. The number of methoxy groups -OCH3 is 1. The molecule has 0 amide bonds. The first-order valence-corrected chi connectivity index (χ1v) is 3.79. The maximum absolute atomic E-state index is 12.9. The average molecular weight is 198 g/mol. The monoisotopic (exact) mass is 198 g/mol. The van der Waals surface area contributed by atoms with Gasteiger partial charge in [-0.15, -0.1) is 0 Å². The van der Waals surface area contributed by atoms with Crippen LogP contribution in [0.5, 0.6) is 0 Å². The fraction of sp³-hybridized carbons (Fsp3) is 0.125. The van der Waals surface area contributed by atoms with E-state index >= 15 is 0 Å². The van der Waals surface area contributed by atoms with Crippen molar-refractivity contribution in [2.45, 2.75) is 0 Å². The van der Waals surface area contributed by atoms with Crippen LogP contribution in [0.25, 0.3) is 0 Å². The summed E-state index contributed by atoms with van der Waals surface area (Å²) in [6, 6.07) is 3.04. The zero-order valence-electron chi connectivity index (χ0n) is 7.40. The molecule has 14 heavy (non-hydrogen) atoms. The minimum absolute atomic E-state index is 0.0596. The number of ether oxygens (including phenoxy) is 1. The Hall–Kier alpha value is -1.40. The molecule has 0 heterocycles. The van der Waals surface area contributed by atoms with E-state index < -0.39 is 18.9 Å². The normalized spacial score (nSPS) is 9.71.